The Morgan fingerprint density at radius 3 is 2.71 bits per heavy atom. The Kier molecular flexibility index (Phi) is 4.47. The predicted molar refractivity (Wildman–Crippen MR) is 74.4 cm³/mol. The quantitative estimate of drug-likeness (QED) is 0.628. The molecule has 0 aliphatic carbocycles. The summed E-state index contributed by atoms with van der Waals surface area (Å²) in [5.41, 5.74) is 1.57. The summed E-state index contributed by atoms with van der Waals surface area (Å²) in [5.74, 6) is -0.234. The summed E-state index contributed by atoms with van der Waals surface area (Å²) in [5, 5.41) is 4.08. The molecular weight excluding hydrogens is 278 g/mol. The van der Waals surface area contributed by atoms with Crippen LogP contribution in [0.2, 0.25) is 0 Å². The molecule has 1 heterocycles. The Labute approximate surface area is 120 Å². The molecule has 0 unspecified atom stereocenters. The molecule has 0 fully saturated rings. The Bertz CT molecular complexity index is 678. The van der Waals surface area contributed by atoms with E-state index in [1.165, 1.54) is 22.9 Å². The third kappa shape index (κ3) is 3.75. The highest BCUT2D eigenvalue weighted by molar-refractivity contribution is 6.05. The lowest BCUT2D eigenvalue weighted by Crippen LogP contribution is -2.04. The van der Waals surface area contributed by atoms with Crippen molar-refractivity contribution in [2.24, 2.45) is 7.05 Å². The molecule has 0 aliphatic rings. The predicted octanol–water partition coefficient (Wildman–Crippen LogP) is 3.23. The number of nitrogens with zero attached hydrogens (tertiary/aromatic N) is 2. The number of carbonyl (C=O) groups is 1. The van der Waals surface area contributed by atoms with Gasteiger partial charge in [0.2, 0.25) is 5.78 Å². The van der Waals surface area contributed by atoms with Crippen molar-refractivity contribution in [2.75, 3.05) is 0 Å². The molecule has 2 aromatic rings. The minimum atomic E-state index is -2.91. The number of hydrogen-bond acceptors (Lipinski definition) is 3. The van der Waals surface area contributed by atoms with E-state index in [1.54, 1.807) is 38.2 Å². The summed E-state index contributed by atoms with van der Waals surface area (Å²) in [7, 11) is 1.67. The van der Waals surface area contributed by atoms with Crippen molar-refractivity contribution in [3.8, 4) is 5.75 Å². The lowest BCUT2D eigenvalue weighted by Gasteiger charge is -2.07. The van der Waals surface area contributed by atoms with Gasteiger partial charge in [0.25, 0.3) is 0 Å². The average molecular weight is 292 g/mol. The number of ether oxygens (including phenoxy) is 1. The molecule has 21 heavy (non-hydrogen) atoms. The number of para-hydroxylation sites is 1. The second-order valence-electron chi connectivity index (χ2n) is 4.41. The molecule has 0 atom stereocenters. The number of aromatic nitrogens is 2. The molecule has 0 spiro atoms. The zero-order valence-corrected chi connectivity index (χ0v) is 11.6. The summed E-state index contributed by atoms with van der Waals surface area (Å²) in [6.07, 6.45) is 2.76. The number of benzene rings is 1. The number of alkyl halides is 2. The van der Waals surface area contributed by atoms with E-state index in [-0.39, 0.29) is 11.5 Å². The third-order valence-corrected chi connectivity index (χ3v) is 2.80. The molecule has 0 saturated heterocycles. The van der Waals surface area contributed by atoms with Crippen LogP contribution in [-0.4, -0.2) is 22.2 Å². The molecule has 0 radical (unpaired) electrons. The monoisotopic (exact) mass is 292 g/mol. The van der Waals surface area contributed by atoms with Gasteiger partial charge in [-0.05, 0) is 31.2 Å². The minimum absolute atomic E-state index is 0.0257. The standard InChI is InChI=1S/C15H14F2N2O2/c1-10-9-12(19(2)18-10)13(20)8-7-11-5-3-4-6-14(11)21-15(16)17/h3-9,15H,1-2H3/b8-7+. The van der Waals surface area contributed by atoms with Crippen molar-refractivity contribution in [3.05, 3.63) is 53.4 Å². The highest BCUT2D eigenvalue weighted by Crippen LogP contribution is 2.21. The second kappa shape index (κ2) is 6.30. The number of rotatable bonds is 5. The molecule has 0 bridgehead atoms. The number of hydrogen-bond donors (Lipinski definition) is 0. The van der Waals surface area contributed by atoms with Crippen LogP contribution >= 0.6 is 0 Å². The van der Waals surface area contributed by atoms with Gasteiger partial charge in [-0.25, -0.2) is 0 Å². The average Bonchev–Trinajstić information content (AvgIpc) is 2.76. The molecule has 6 heteroatoms. The number of halogens is 2. The molecule has 4 nitrogen and oxygen atoms in total. The van der Waals surface area contributed by atoms with Gasteiger partial charge in [0.1, 0.15) is 11.4 Å². The summed E-state index contributed by atoms with van der Waals surface area (Å²) in [6, 6.07) is 7.94. The van der Waals surface area contributed by atoms with Crippen LogP contribution in [-0.2, 0) is 7.05 Å². The normalized spacial score (nSPS) is 11.3. The van der Waals surface area contributed by atoms with E-state index in [4.69, 9.17) is 0 Å². The number of aryl methyl sites for hydroxylation is 2. The first kappa shape index (κ1) is 14.9. The molecule has 0 saturated carbocycles. The minimum Gasteiger partial charge on any atom is -0.434 e. The SMILES string of the molecule is Cc1cc(C(=O)/C=C/c2ccccc2OC(F)F)n(C)n1. The van der Waals surface area contributed by atoms with Gasteiger partial charge in [-0.1, -0.05) is 18.2 Å². The topological polar surface area (TPSA) is 44.1 Å². The first-order valence-electron chi connectivity index (χ1n) is 6.24. The first-order valence-corrected chi connectivity index (χ1v) is 6.24. The molecule has 2 rings (SSSR count). The zero-order valence-electron chi connectivity index (χ0n) is 11.6. The van der Waals surface area contributed by atoms with E-state index in [1.807, 2.05) is 0 Å². The summed E-state index contributed by atoms with van der Waals surface area (Å²) in [4.78, 5) is 12.0. The van der Waals surface area contributed by atoms with E-state index in [0.717, 1.165) is 5.69 Å². The Hall–Kier alpha value is -2.50. The molecule has 1 aromatic heterocycles. The maximum Gasteiger partial charge on any atom is 0.387 e. The maximum atomic E-state index is 12.3. The van der Waals surface area contributed by atoms with Crippen LogP contribution < -0.4 is 4.74 Å². The van der Waals surface area contributed by atoms with Crippen molar-refractivity contribution >= 4 is 11.9 Å². The highest BCUT2D eigenvalue weighted by Gasteiger charge is 2.10. The summed E-state index contributed by atoms with van der Waals surface area (Å²) in [6.45, 7) is -1.12. The number of allylic oxidation sites excluding steroid dienone is 1. The lowest BCUT2D eigenvalue weighted by atomic mass is 10.1. The second-order valence-corrected chi connectivity index (χ2v) is 4.41. The van der Waals surface area contributed by atoms with E-state index < -0.39 is 6.61 Å². The van der Waals surface area contributed by atoms with Crippen LogP contribution in [0.15, 0.2) is 36.4 Å². The molecule has 0 N–H and O–H groups in total. The Morgan fingerprint density at radius 2 is 2.10 bits per heavy atom. The number of carbonyl (C=O) groups excluding carboxylic acids is 1. The van der Waals surface area contributed by atoms with E-state index in [2.05, 4.69) is 9.84 Å². The van der Waals surface area contributed by atoms with Crippen molar-refractivity contribution < 1.29 is 18.3 Å². The summed E-state index contributed by atoms with van der Waals surface area (Å²) >= 11 is 0. The van der Waals surface area contributed by atoms with E-state index in [9.17, 15) is 13.6 Å². The largest absolute Gasteiger partial charge is 0.434 e. The van der Waals surface area contributed by atoms with Gasteiger partial charge in [0, 0.05) is 12.6 Å². The first-order chi connectivity index (χ1) is 9.97. The smallest absolute Gasteiger partial charge is 0.387 e. The third-order valence-electron chi connectivity index (χ3n) is 2.80. The Balaban J connectivity index is 2.21. The van der Waals surface area contributed by atoms with E-state index in [0.29, 0.717) is 11.3 Å². The molecule has 1 aromatic carbocycles. The highest BCUT2D eigenvalue weighted by atomic mass is 19.3. The number of ketones is 1. The van der Waals surface area contributed by atoms with Gasteiger partial charge in [-0.15, -0.1) is 0 Å². The van der Waals surface area contributed by atoms with Gasteiger partial charge >= 0.3 is 6.61 Å². The van der Waals surface area contributed by atoms with Crippen molar-refractivity contribution in [1.82, 2.24) is 9.78 Å². The zero-order chi connectivity index (χ0) is 15.4. The van der Waals surface area contributed by atoms with Crippen molar-refractivity contribution in [1.29, 1.82) is 0 Å². The van der Waals surface area contributed by atoms with Gasteiger partial charge < -0.3 is 4.74 Å². The maximum absolute atomic E-state index is 12.3. The van der Waals surface area contributed by atoms with Gasteiger partial charge in [0.05, 0.1) is 5.69 Å². The molecular formula is C15H14F2N2O2. The van der Waals surface area contributed by atoms with Crippen molar-refractivity contribution in [3.63, 3.8) is 0 Å². The van der Waals surface area contributed by atoms with E-state index >= 15 is 0 Å². The fourth-order valence-corrected chi connectivity index (χ4v) is 1.91. The van der Waals surface area contributed by atoms with Crippen LogP contribution in [0.1, 0.15) is 21.7 Å². The van der Waals surface area contributed by atoms with Gasteiger partial charge in [-0.2, -0.15) is 13.9 Å². The fraction of sp³-hybridized carbons (Fsp3) is 0.200. The van der Waals surface area contributed by atoms with Crippen LogP contribution in [0.5, 0.6) is 5.75 Å². The fourth-order valence-electron chi connectivity index (χ4n) is 1.91. The lowest BCUT2D eigenvalue weighted by molar-refractivity contribution is -0.0499. The molecule has 0 aliphatic heterocycles. The molecule has 110 valence electrons. The Morgan fingerprint density at radius 1 is 1.38 bits per heavy atom. The molecule has 0 amide bonds. The van der Waals surface area contributed by atoms with Gasteiger partial charge in [-0.3, -0.25) is 9.48 Å². The summed E-state index contributed by atoms with van der Waals surface area (Å²) < 4.78 is 30.5. The van der Waals surface area contributed by atoms with Gasteiger partial charge in [0.15, 0.2) is 0 Å². The van der Waals surface area contributed by atoms with Crippen molar-refractivity contribution in [2.45, 2.75) is 13.5 Å². The van der Waals surface area contributed by atoms with Crippen LogP contribution in [0.4, 0.5) is 8.78 Å². The van der Waals surface area contributed by atoms with Crippen LogP contribution in [0.3, 0.4) is 0 Å². The van der Waals surface area contributed by atoms with Crippen LogP contribution in [0.25, 0.3) is 6.08 Å². The van der Waals surface area contributed by atoms with Crippen LogP contribution in [0, 0.1) is 6.92 Å².